The standard InChI is InChI=1S/C26H36N4O2/c1-4-30(23-14-15-28(19-23)18-22-10-6-5-7-11-22)26(31)27-24-12-8-9-13-25(24)29-16-20(2)32-21(3)17-29/h5-13,20-21,23H,4,14-19H2,1-3H3,(H,27,31)/t20-,21+,23-/m1/s1. The van der Waals surface area contributed by atoms with Crippen LogP contribution in [-0.2, 0) is 11.3 Å². The van der Waals surface area contributed by atoms with E-state index in [1.54, 1.807) is 0 Å². The van der Waals surface area contributed by atoms with Crippen molar-refractivity contribution in [3.8, 4) is 0 Å². The summed E-state index contributed by atoms with van der Waals surface area (Å²) in [7, 11) is 0. The maximum Gasteiger partial charge on any atom is 0.322 e. The van der Waals surface area contributed by atoms with Crippen LogP contribution in [0, 0.1) is 0 Å². The molecule has 2 amide bonds. The van der Waals surface area contributed by atoms with Crippen molar-refractivity contribution in [1.29, 1.82) is 0 Å². The molecule has 0 aromatic heterocycles. The topological polar surface area (TPSA) is 48.1 Å². The van der Waals surface area contributed by atoms with E-state index in [-0.39, 0.29) is 24.3 Å². The highest BCUT2D eigenvalue weighted by Crippen LogP contribution is 2.29. The Bertz CT molecular complexity index is 880. The molecule has 172 valence electrons. The first-order chi connectivity index (χ1) is 15.5. The minimum atomic E-state index is -0.0131. The molecular formula is C26H36N4O2. The van der Waals surface area contributed by atoms with Gasteiger partial charge in [0.15, 0.2) is 0 Å². The van der Waals surface area contributed by atoms with Crippen molar-refractivity contribution in [2.45, 2.75) is 52.0 Å². The molecule has 0 unspecified atom stereocenters. The van der Waals surface area contributed by atoms with E-state index in [9.17, 15) is 4.79 Å². The summed E-state index contributed by atoms with van der Waals surface area (Å²) in [6.07, 6.45) is 1.35. The first kappa shape index (κ1) is 22.6. The van der Waals surface area contributed by atoms with Crippen molar-refractivity contribution < 1.29 is 9.53 Å². The van der Waals surface area contributed by atoms with Crippen LogP contribution in [0.25, 0.3) is 0 Å². The maximum atomic E-state index is 13.3. The molecule has 2 heterocycles. The molecule has 3 atom stereocenters. The predicted molar refractivity (Wildman–Crippen MR) is 130 cm³/mol. The highest BCUT2D eigenvalue weighted by molar-refractivity contribution is 5.93. The molecule has 1 N–H and O–H groups in total. The third-order valence-corrected chi connectivity index (χ3v) is 6.44. The molecule has 0 bridgehead atoms. The molecule has 0 saturated carbocycles. The SMILES string of the molecule is CCN(C(=O)Nc1ccccc1N1C[C@@H](C)O[C@@H](C)C1)[C@@H]1CCN(Cc2ccccc2)C1. The summed E-state index contributed by atoms with van der Waals surface area (Å²) < 4.78 is 5.89. The number of hydrogen-bond donors (Lipinski definition) is 1. The third-order valence-electron chi connectivity index (χ3n) is 6.44. The Balaban J connectivity index is 1.41. The summed E-state index contributed by atoms with van der Waals surface area (Å²) in [4.78, 5) is 20.1. The van der Waals surface area contributed by atoms with E-state index in [0.29, 0.717) is 6.54 Å². The van der Waals surface area contributed by atoms with Crippen molar-refractivity contribution in [2.24, 2.45) is 0 Å². The predicted octanol–water partition coefficient (Wildman–Crippen LogP) is 4.43. The number of morpholine rings is 1. The van der Waals surface area contributed by atoms with Gasteiger partial charge in [0.2, 0.25) is 0 Å². The minimum Gasteiger partial charge on any atom is -0.372 e. The molecule has 32 heavy (non-hydrogen) atoms. The van der Waals surface area contributed by atoms with Crippen molar-refractivity contribution in [1.82, 2.24) is 9.80 Å². The van der Waals surface area contributed by atoms with Gasteiger partial charge in [0, 0.05) is 45.3 Å². The molecule has 0 radical (unpaired) electrons. The van der Waals surface area contributed by atoms with Crippen LogP contribution in [0.3, 0.4) is 0 Å². The van der Waals surface area contributed by atoms with E-state index in [4.69, 9.17) is 4.74 Å². The fraction of sp³-hybridized carbons (Fsp3) is 0.500. The number of likely N-dealkylation sites (tertiary alicyclic amines) is 1. The Hall–Kier alpha value is -2.57. The summed E-state index contributed by atoms with van der Waals surface area (Å²) in [5.41, 5.74) is 3.26. The van der Waals surface area contributed by atoms with Gasteiger partial charge < -0.3 is 19.9 Å². The van der Waals surface area contributed by atoms with E-state index in [2.05, 4.69) is 72.3 Å². The summed E-state index contributed by atoms with van der Waals surface area (Å²) in [5.74, 6) is 0. The molecule has 2 aromatic rings. The molecule has 6 nitrogen and oxygen atoms in total. The Morgan fingerprint density at radius 2 is 1.72 bits per heavy atom. The summed E-state index contributed by atoms with van der Waals surface area (Å²) >= 11 is 0. The number of urea groups is 1. The molecule has 2 aromatic carbocycles. The van der Waals surface area contributed by atoms with Gasteiger partial charge >= 0.3 is 6.03 Å². The minimum absolute atomic E-state index is 0.0131. The second-order valence-corrected chi connectivity index (χ2v) is 9.06. The number of likely N-dealkylation sites (N-methyl/N-ethyl adjacent to an activating group) is 1. The van der Waals surface area contributed by atoms with E-state index in [1.807, 2.05) is 23.1 Å². The highest BCUT2D eigenvalue weighted by atomic mass is 16.5. The maximum absolute atomic E-state index is 13.3. The van der Waals surface area contributed by atoms with E-state index >= 15 is 0 Å². The second-order valence-electron chi connectivity index (χ2n) is 9.06. The number of para-hydroxylation sites is 2. The lowest BCUT2D eigenvalue weighted by Gasteiger charge is -2.38. The zero-order valence-electron chi connectivity index (χ0n) is 19.5. The number of nitrogens with zero attached hydrogens (tertiary/aromatic N) is 3. The smallest absolute Gasteiger partial charge is 0.322 e. The fourth-order valence-electron chi connectivity index (χ4n) is 5.04. The van der Waals surface area contributed by atoms with Gasteiger partial charge in [-0.2, -0.15) is 0 Å². The van der Waals surface area contributed by atoms with Crippen LogP contribution in [0.1, 0.15) is 32.8 Å². The largest absolute Gasteiger partial charge is 0.372 e. The van der Waals surface area contributed by atoms with Crippen molar-refractivity contribution in [3.63, 3.8) is 0 Å². The van der Waals surface area contributed by atoms with Crippen molar-refractivity contribution in [2.75, 3.05) is 42.9 Å². The Labute approximate surface area is 192 Å². The Morgan fingerprint density at radius 1 is 1.03 bits per heavy atom. The van der Waals surface area contributed by atoms with Gasteiger partial charge in [-0.05, 0) is 44.9 Å². The number of nitrogens with one attached hydrogen (secondary N) is 1. The number of carbonyl (C=O) groups excluding carboxylic acids is 1. The van der Waals surface area contributed by atoms with Crippen LogP contribution in [0.15, 0.2) is 54.6 Å². The number of hydrogen-bond acceptors (Lipinski definition) is 4. The van der Waals surface area contributed by atoms with Gasteiger partial charge in [-0.3, -0.25) is 4.90 Å². The monoisotopic (exact) mass is 436 g/mol. The van der Waals surface area contributed by atoms with Crippen LogP contribution >= 0.6 is 0 Å². The van der Waals surface area contributed by atoms with Crippen molar-refractivity contribution >= 4 is 17.4 Å². The number of carbonyl (C=O) groups is 1. The van der Waals surface area contributed by atoms with E-state index < -0.39 is 0 Å². The summed E-state index contributed by atoms with van der Waals surface area (Å²) in [5, 5.41) is 3.22. The molecule has 2 fully saturated rings. The van der Waals surface area contributed by atoms with Crippen LogP contribution < -0.4 is 10.2 Å². The Kier molecular flexibility index (Phi) is 7.33. The average Bonchev–Trinajstić information content (AvgIpc) is 3.22. The molecule has 4 rings (SSSR count). The van der Waals surface area contributed by atoms with Gasteiger partial charge in [-0.1, -0.05) is 42.5 Å². The number of benzene rings is 2. The highest BCUT2D eigenvalue weighted by Gasteiger charge is 2.31. The second kappa shape index (κ2) is 10.4. The molecule has 2 aliphatic rings. The van der Waals surface area contributed by atoms with Crippen LogP contribution in [0.2, 0.25) is 0 Å². The fourth-order valence-corrected chi connectivity index (χ4v) is 5.04. The molecule has 6 heteroatoms. The van der Waals surface area contributed by atoms with Gasteiger partial charge in [-0.15, -0.1) is 0 Å². The number of anilines is 2. The lowest BCUT2D eigenvalue weighted by atomic mass is 10.1. The van der Waals surface area contributed by atoms with Gasteiger partial charge in [0.05, 0.1) is 23.6 Å². The molecule has 0 aliphatic carbocycles. The molecule has 2 aliphatic heterocycles. The zero-order chi connectivity index (χ0) is 22.5. The lowest BCUT2D eigenvalue weighted by molar-refractivity contribution is -0.00517. The molecule has 2 saturated heterocycles. The molecule has 0 spiro atoms. The van der Waals surface area contributed by atoms with Crippen molar-refractivity contribution in [3.05, 3.63) is 60.2 Å². The number of rotatable bonds is 6. The number of amides is 2. The number of ether oxygens (including phenoxy) is 1. The lowest BCUT2D eigenvalue weighted by Crippen LogP contribution is -2.46. The third kappa shape index (κ3) is 5.43. The van der Waals surface area contributed by atoms with Crippen LogP contribution in [0.4, 0.5) is 16.2 Å². The van der Waals surface area contributed by atoms with Crippen LogP contribution in [0.5, 0.6) is 0 Å². The normalized spacial score (nSPS) is 23.8. The quantitative estimate of drug-likeness (QED) is 0.728. The van der Waals surface area contributed by atoms with Gasteiger partial charge in [0.1, 0.15) is 0 Å². The van der Waals surface area contributed by atoms with Crippen LogP contribution in [-0.4, -0.2) is 66.8 Å². The zero-order valence-corrected chi connectivity index (χ0v) is 19.5. The van der Waals surface area contributed by atoms with E-state index in [1.165, 1.54) is 5.56 Å². The first-order valence-corrected chi connectivity index (χ1v) is 11.9. The Morgan fingerprint density at radius 3 is 2.44 bits per heavy atom. The average molecular weight is 437 g/mol. The van der Waals surface area contributed by atoms with E-state index in [0.717, 1.165) is 50.5 Å². The van der Waals surface area contributed by atoms with Gasteiger partial charge in [0.25, 0.3) is 0 Å². The molecular weight excluding hydrogens is 400 g/mol. The summed E-state index contributed by atoms with van der Waals surface area (Å²) in [6, 6.07) is 18.9. The first-order valence-electron chi connectivity index (χ1n) is 11.9. The summed E-state index contributed by atoms with van der Waals surface area (Å²) in [6.45, 7) is 11.5. The van der Waals surface area contributed by atoms with Gasteiger partial charge in [-0.25, -0.2) is 4.79 Å².